The number of benzene rings is 3. The average molecular weight is 341 g/mol. The van der Waals surface area contributed by atoms with Crippen molar-refractivity contribution in [2.24, 2.45) is 0 Å². The van der Waals surface area contributed by atoms with Gasteiger partial charge in [0.05, 0.1) is 12.1 Å². The number of para-hydroxylation sites is 1. The largest absolute Gasteiger partial charge is 0.348 e. The van der Waals surface area contributed by atoms with Gasteiger partial charge < -0.3 is 4.74 Å². The second-order valence-electron chi connectivity index (χ2n) is 5.93. The van der Waals surface area contributed by atoms with Crippen molar-refractivity contribution in [1.29, 1.82) is 0 Å². The van der Waals surface area contributed by atoms with Gasteiger partial charge in [-0.25, -0.2) is 4.68 Å². The van der Waals surface area contributed by atoms with Gasteiger partial charge in [0.25, 0.3) is 0 Å². The fourth-order valence-corrected chi connectivity index (χ4v) is 2.88. The average Bonchev–Trinajstić information content (AvgIpc) is 3.13. The molecule has 4 nitrogen and oxygen atoms in total. The molecule has 1 unspecified atom stereocenters. The number of nitrogens with zero attached hydrogens (tertiary/aromatic N) is 3. The molecule has 1 atom stereocenters. The van der Waals surface area contributed by atoms with E-state index in [1.165, 1.54) is 0 Å². The maximum Gasteiger partial charge on any atom is 0.178 e. The van der Waals surface area contributed by atoms with Gasteiger partial charge in [0.2, 0.25) is 0 Å². The minimum absolute atomic E-state index is 0.330. The number of fused-ring (bicyclic) bond motifs is 1. The van der Waals surface area contributed by atoms with E-state index in [-0.39, 0.29) is 6.23 Å². The smallest absolute Gasteiger partial charge is 0.178 e. The Morgan fingerprint density at radius 3 is 2.35 bits per heavy atom. The van der Waals surface area contributed by atoms with Gasteiger partial charge >= 0.3 is 0 Å². The maximum atomic E-state index is 6.18. The summed E-state index contributed by atoms with van der Waals surface area (Å²) in [5, 5.41) is 8.58. The van der Waals surface area contributed by atoms with Crippen LogP contribution >= 0.6 is 0 Å². The minimum Gasteiger partial charge on any atom is -0.348 e. The molecule has 0 aliphatic heterocycles. The van der Waals surface area contributed by atoms with Crippen molar-refractivity contribution in [3.8, 4) is 0 Å². The maximum absolute atomic E-state index is 6.18. The lowest BCUT2D eigenvalue weighted by molar-refractivity contribution is 0.0446. The third kappa shape index (κ3) is 3.55. The zero-order chi connectivity index (χ0) is 17.6. The molecule has 0 amide bonds. The van der Waals surface area contributed by atoms with Crippen molar-refractivity contribution in [3.05, 3.63) is 102 Å². The molecule has 0 fully saturated rings. The second kappa shape index (κ2) is 7.76. The number of rotatable bonds is 6. The van der Waals surface area contributed by atoms with Crippen molar-refractivity contribution in [2.75, 3.05) is 6.61 Å². The Bertz CT molecular complexity index is 994. The number of aromatic nitrogens is 3. The van der Waals surface area contributed by atoms with Crippen LogP contribution in [0.4, 0.5) is 0 Å². The molecule has 0 saturated heterocycles. The van der Waals surface area contributed by atoms with E-state index in [4.69, 9.17) is 4.74 Å². The van der Waals surface area contributed by atoms with Crippen LogP contribution in [0.5, 0.6) is 0 Å². The van der Waals surface area contributed by atoms with E-state index in [0.717, 1.165) is 22.2 Å². The zero-order valence-electron chi connectivity index (χ0n) is 14.3. The van der Waals surface area contributed by atoms with E-state index in [1.54, 1.807) is 0 Å². The summed E-state index contributed by atoms with van der Waals surface area (Å²) in [5.74, 6) is 0. The Kier molecular flexibility index (Phi) is 4.85. The summed E-state index contributed by atoms with van der Waals surface area (Å²) in [7, 11) is 0. The normalized spacial score (nSPS) is 12.6. The number of hydrogen-bond donors (Lipinski definition) is 0. The van der Waals surface area contributed by atoms with Crippen LogP contribution < -0.4 is 0 Å². The Hall–Kier alpha value is -3.24. The van der Waals surface area contributed by atoms with Crippen molar-refractivity contribution in [3.63, 3.8) is 0 Å². The molecule has 1 heterocycles. The van der Waals surface area contributed by atoms with Crippen LogP contribution in [0, 0.1) is 0 Å². The van der Waals surface area contributed by atoms with Gasteiger partial charge in [-0.2, -0.15) is 0 Å². The van der Waals surface area contributed by atoms with Crippen LogP contribution in [0.15, 0.2) is 91.0 Å². The molecule has 0 aliphatic rings. The number of hydrogen-bond acceptors (Lipinski definition) is 3. The molecule has 26 heavy (non-hydrogen) atoms. The summed E-state index contributed by atoms with van der Waals surface area (Å²) in [6.07, 6.45) is 3.75. The predicted octanol–water partition coefficient (Wildman–Crippen LogP) is 4.71. The van der Waals surface area contributed by atoms with E-state index < -0.39 is 0 Å². The van der Waals surface area contributed by atoms with E-state index in [2.05, 4.69) is 28.5 Å². The van der Waals surface area contributed by atoms with Crippen molar-refractivity contribution >= 4 is 17.1 Å². The summed E-state index contributed by atoms with van der Waals surface area (Å²) >= 11 is 0. The van der Waals surface area contributed by atoms with Gasteiger partial charge in [0.15, 0.2) is 6.23 Å². The molecule has 0 spiro atoms. The number of ether oxygens (including phenoxy) is 1. The van der Waals surface area contributed by atoms with Gasteiger partial charge in [-0.15, -0.1) is 5.10 Å². The Morgan fingerprint density at radius 1 is 0.846 bits per heavy atom. The van der Waals surface area contributed by atoms with Crippen LogP contribution in [0.2, 0.25) is 0 Å². The highest BCUT2D eigenvalue weighted by Crippen LogP contribution is 2.23. The topological polar surface area (TPSA) is 39.9 Å². The Morgan fingerprint density at radius 2 is 1.54 bits per heavy atom. The molecule has 3 aromatic carbocycles. The van der Waals surface area contributed by atoms with E-state index >= 15 is 0 Å². The Labute approximate surface area is 152 Å². The molecular weight excluding hydrogens is 322 g/mol. The standard InChI is InChI=1S/C22H19N3O/c1-3-10-18(11-4-1)12-9-17-26-22(19-13-5-2-6-14-19)25-21-16-8-7-15-20(21)23-24-25/h1-16,22H,17H2. The van der Waals surface area contributed by atoms with Crippen LogP contribution in [0.3, 0.4) is 0 Å². The molecule has 4 aromatic rings. The molecule has 0 N–H and O–H groups in total. The van der Waals surface area contributed by atoms with E-state index in [1.807, 2.05) is 83.6 Å². The summed E-state index contributed by atoms with van der Waals surface area (Å²) in [6, 6.07) is 28.2. The summed E-state index contributed by atoms with van der Waals surface area (Å²) in [6.45, 7) is 0.475. The second-order valence-corrected chi connectivity index (χ2v) is 5.93. The highest BCUT2D eigenvalue weighted by Gasteiger charge is 2.17. The molecule has 0 aliphatic carbocycles. The molecule has 4 rings (SSSR count). The third-order valence-corrected chi connectivity index (χ3v) is 4.14. The third-order valence-electron chi connectivity index (χ3n) is 4.14. The van der Waals surface area contributed by atoms with Crippen LogP contribution in [-0.4, -0.2) is 21.6 Å². The first-order valence-electron chi connectivity index (χ1n) is 8.60. The van der Waals surface area contributed by atoms with Gasteiger partial charge in [0, 0.05) is 5.56 Å². The van der Waals surface area contributed by atoms with E-state index in [0.29, 0.717) is 6.61 Å². The van der Waals surface area contributed by atoms with Gasteiger partial charge in [0.1, 0.15) is 5.52 Å². The summed E-state index contributed by atoms with van der Waals surface area (Å²) in [5.41, 5.74) is 4.00. The van der Waals surface area contributed by atoms with Crippen LogP contribution in [0.1, 0.15) is 17.4 Å². The van der Waals surface area contributed by atoms with Crippen molar-refractivity contribution in [1.82, 2.24) is 15.0 Å². The van der Waals surface area contributed by atoms with Gasteiger partial charge in [-0.3, -0.25) is 0 Å². The first-order chi connectivity index (χ1) is 12.9. The summed E-state index contributed by atoms with van der Waals surface area (Å²) in [4.78, 5) is 0. The zero-order valence-corrected chi connectivity index (χ0v) is 14.3. The van der Waals surface area contributed by atoms with Crippen LogP contribution in [-0.2, 0) is 4.74 Å². The highest BCUT2D eigenvalue weighted by molar-refractivity contribution is 5.74. The molecule has 0 saturated carbocycles. The monoisotopic (exact) mass is 341 g/mol. The molecule has 0 bridgehead atoms. The Balaban J connectivity index is 1.59. The fourth-order valence-electron chi connectivity index (χ4n) is 2.88. The molecule has 128 valence electrons. The molecular formula is C22H19N3O. The summed E-state index contributed by atoms with van der Waals surface area (Å²) < 4.78 is 8.01. The minimum atomic E-state index is -0.330. The first-order valence-corrected chi connectivity index (χ1v) is 8.60. The fraction of sp³-hybridized carbons (Fsp3) is 0.0909. The lowest BCUT2D eigenvalue weighted by atomic mass is 10.2. The van der Waals surface area contributed by atoms with E-state index in [9.17, 15) is 0 Å². The lowest BCUT2D eigenvalue weighted by Gasteiger charge is -2.18. The predicted molar refractivity (Wildman–Crippen MR) is 104 cm³/mol. The molecule has 0 radical (unpaired) electrons. The molecule has 4 heteroatoms. The molecule has 1 aromatic heterocycles. The van der Waals surface area contributed by atoms with Crippen molar-refractivity contribution in [2.45, 2.75) is 6.23 Å². The SMILES string of the molecule is C(=Cc1ccccc1)COC(c1ccccc1)n1nnc2ccccc21. The first kappa shape index (κ1) is 16.2. The van der Waals surface area contributed by atoms with Crippen LogP contribution in [0.25, 0.3) is 17.1 Å². The van der Waals surface area contributed by atoms with Crippen molar-refractivity contribution < 1.29 is 4.74 Å². The highest BCUT2D eigenvalue weighted by atomic mass is 16.5. The van der Waals surface area contributed by atoms with Gasteiger partial charge in [-0.1, -0.05) is 90.2 Å². The quantitative estimate of drug-likeness (QED) is 0.510. The lowest BCUT2D eigenvalue weighted by Crippen LogP contribution is -2.16. The van der Waals surface area contributed by atoms with Gasteiger partial charge in [-0.05, 0) is 17.7 Å².